The van der Waals surface area contributed by atoms with Crippen LogP contribution >= 0.6 is 0 Å². The Kier molecular flexibility index (Phi) is 5.78. The van der Waals surface area contributed by atoms with E-state index in [0.29, 0.717) is 11.5 Å². The van der Waals surface area contributed by atoms with Gasteiger partial charge in [0, 0.05) is 7.05 Å². The number of hydrogen-bond acceptors (Lipinski definition) is 3. The average Bonchev–Trinajstić information content (AvgIpc) is 2.87. The predicted molar refractivity (Wildman–Crippen MR) is 112 cm³/mol. The SMILES string of the molecule is C=C1C(CCc2ccc(OC)c(OC)c2)C(=O)N(C)C1(C)Cc1ccccc1. The van der Waals surface area contributed by atoms with Gasteiger partial charge in [-0.1, -0.05) is 43.0 Å². The highest BCUT2D eigenvalue weighted by Gasteiger charge is 2.48. The van der Waals surface area contributed by atoms with Crippen LogP contribution < -0.4 is 9.47 Å². The number of aryl methyl sites for hydroxylation is 1. The lowest BCUT2D eigenvalue weighted by molar-refractivity contribution is -0.132. The Morgan fingerprint density at radius 1 is 1.04 bits per heavy atom. The van der Waals surface area contributed by atoms with Gasteiger partial charge in [0.1, 0.15) is 0 Å². The molecule has 3 rings (SSSR count). The molecule has 0 aliphatic carbocycles. The Hall–Kier alpha value is -2.75. The first kappa shape index (κ1) is 20.0. The van der Waals surface area contributed by atoms with Gasteiger partial charge in [-0.3, -0.25) is 4.79 Å². The molecule has 4 nitrogen and oxygen atoms in total. The molecule has 2 aromatic carbocycles. The van der Waals surface area contributed by atoms with Crippen LogP contribution in [0.1, 0.15) is 24.5 Å². The van der Waals surface area contributed by atoms with Crippen LogP contribution in [0.4, 0.5) is 0 Å². The minimum absolute atomic E-state index is 0.156. The summed E-state index contributed by atoms with van der Waals surface area (Å²) in [5.74, 6) is 1.42. The van der Waals surface area contributed by atoms with Crippen LogP contribution in [0.15, 0.2) is 60.7 Å². The standard InChI is InChI=1S/C24H29NO3/c1-17-20(13-11-18-12-14-21(27-4)22(15-18)28-5)23(26)25(3)24(17,2)16-19-9-7-6-8-10-19/h6-10,12,14-15,20H,1,11,13,16H2,2-5H3. The first-order chi connectivity index (χ1) is 13.4. The summed E-state index contributed by atoms with van der Waals surface area (Å²) >= 11 is 0. The Bertz CT molecular complexity index is 861. The van der Waals surface area contributed by atoms with Gasteiger partial charge in [-0.25, -0.2) is 0 Å². The molecular weight excluding hydrogens is 350 g/mol. The summed E-state index contributed by atoms with van der Waals surface area (Å²) in [6, 6.07) is 16.2. The summed E-state index contributed by atoms with van der Waals surface area (Å²) in [5, 5.41) is 0. The van der Waals surface area contributed by atoms with E-state index >= 15 is 0 Å². The number of carbonyl (C=O) groups is 1. The second kappa shape index (κ2) is 8.09. The van der Waals surface area contributed by atoms with E-state index in [2.05, 4.69) is 25.6 Å². The molecule has 2 aromatic rings. The van der Waals surface area contributed by atoms with Gasteiger partial charge in [-0.2, -0.15) is 0 Å². The topological polar surface area (TPSA) is 38.8 Å². The fraction of sp³-hybridized carbons (Fsp3) is 0.375. The molecule has 1 amide bonds. The number of amides is 1. The first-order valence-corrected chi connectivity index (χ1v) is 9.62. The second-order valence-corrected chi connectivity index (χ2v) is 7.64. The van der Waals surface area contributed by atoms with Crippen molar-refractivity contribution in [1.82, 2.24) is 4.90 Å². The van der Waals surface area contributed by atoms with Gasteiger partial charge in [-0.05, 0) is 55.0 Å². The van der Waals surface area contributed by atoms with Crippen molar-refractivity contribution in [1.29, 1.82) is 0 Å². The fourth-order valence-corrected chi connectivity index (χ4v) is 4.09. The van der Waals surface area contributed by atoms with Crippen LogP contribution in [0.2, 0.25) is 0 Å². The van der Waals surface area contributed by atoms with Crippen molar-refractivity contribution in [3.8, 4) is 11.5 Å². The monoisotopic (exact) mass is 379 g/mol. The van der Waals surface area contributed by atoms with Crippen LogP contribution in [0.3, 0.4) is 0 Å². The molecule has 0 aromatic heterocycles. The summed E-state index contributed by atoms with van der Waals surface area (Å²) < 4.78 is 10.7. The van der Waals surface area contributed by atoms with E-state index in [1.165, 1.54) is 5.56 Å². The largest absolute Gasteiger partial charge is 0.493 e. The lowest BCUT2D eigenvalue weighted by Crippen LogP contribution is -2.43. The van der Waals surface area contributed by atoms with Gasteiger partial charge in [0.2, 0.25) is 5.91 Å². The minimum atomic E-state index is -0.360. The Labute approximate surface area is 167 Å². The smallest absolute Gasteiger partial charge is 0.230 e. The Morgan fingerprint density at radius 2 is 1.71 bits per heavy atom. The van der Waals surface area contributed by atoms with Gasteiger partial charge in [0.15, 0.2) is 11.5 Å². The molecular formula is C24H29NO3. The van der Waals surface area contributed by atoms with Crippen LogP contribution in [0, 0.1) is 5.92 Å². The van der Waals surface area contributed by atoms with Crippen LogP contribution in [0.5, 0.6) is 11.5 Å². The lowest BCUT2D eigenvalue weighted by Gasteiger charge is -2.33. The number of benzene rings is 2. The number of likely N-dealkylation sites (tertiary alicyclic amines) is 1. The number of ether oxygens (including phenoxy) is 2. The van der Waals surface area contributed by atoms with E-state index in [4.69, 9.17) is 9.47 Å². The van der Waals surface area contributed by atoms with Gasteiger partial charge in [-0.15, -0.1) is 0 Å². The number of methoxy groups -OCH3 is 2. The molecule has 0 spiro atoms. The zero-order chi connectivity index (χ0) is 20.3. The van der Waals surface area contributed by atoms with Crippen molar-refractivity contribution in [2.75, 3.05) is 21.3 Å². The molecule has 148 valence electrons. The molecule has 1 aliphatic heterocycles. The van der Waals surface area contributed by atoms with Gasteiger partial charge < -0.3 is 14.4 Å². The third kappa shape index (κ3) is 3.64. The molecule has 0 bridgehead atoms. The van der Waals surface area contributed by atoms with Gasteiger partial charge >= 0.3 is 0 Å². The van der Waals surface area contributed by atoms with Crippen LogP contribution in [-0.2, 0) is 17.6 Å². The molecule has 1 aliphatic rings. The highest BCUT2D eigenvalue weighted by molar-refractivity contribution is 5.87. The molecule has 1 heterocycles. The van der Waals surface area contributed by atoms with E-state index < -0.39 is 0 Å². The zero-order valence-corrected chi connectivity index (χ0v) is 17.2. The van der Waals surface area contributed by atoms with Gasteiger partial charge in [0.25, 0.3) is 0 Å². The molecule has 0 N–H and O–H groups in total. The maximum Gasteiger partial charge on any atom is 0.230 e. The number of nitrogens with zero attached hydrogens (tertiary/aromatic N) is 1. The third-order valence-electron chi connectivity index (χ3n) is 6.04. The summed E-state index contributed by atoms with van der Waals surface area (Å²) in [6.07, 6.45) is 2.30. The molecule has 0 saturated carbocycles. The van der Waals surface area contributed by atoms with Gasteiger partial charge in [0.05, 0.1) is 25.7 Å². The molecule has 4 heteroatoms. The normalized spacial score (nSPS) is 21.9. The van der Waals surface area contributed by atoms with E-state index in [9.17, 15) is 4.79 Å². The van der Waals surface area contributed by atoms with Crippen molar-refractivity contribution in [3.63, 3.8) is 0 Å². The molecule has 2 atom stereocenters. The van der Waals surface area contributed by atoms with Crippen molar-refractivity contribution < 1.29 is 14.3 Å². The predicted octanol–water partition coefficient (Wildman–Crippen LogP) is 4.28. The Balaban J connectivity index is 1.74. The van der Waals surface area contributed by atoms with E-state index in [0.717, 1.165) is 30.4 Å². The summed E-state index contributed by atoms with van der Waals surface area (Å²) in [5.41, 5.74) is 2.98. The summed E-state index contributed by atoms with van der Waals surface area (Å²) in [4.78, 5) is 14.9. The lowest BCUT2D eigenvalue weighted by atomic mass is 9.81. The molecule has 1 saturated heterocycles. The maximum absolute atomic E-state index is 13.0. The zero-order valence-electron chi connectivity index (χ0n) is 17.2. The number of carbonyl (C=O) groups excluding carboxylic acids is 1. The summed E-state index contributed by atoms with van der Waals surface area (Å²) in [7, 11) is 5.16. The highest BCUT2D eigenvalue weighted by atomic mass is 16.5. The van der Waals surface area contributed by atoms with Crippen molar-refractivity contribution in [2.45, 2.75) is 31.7 Å². The second-order valence-electron chi connectivity index (χ2n) is 7.64. The van der Waals surface area contributed by atoms with Crippen molar-refractivity contribution >= 4 is 5.91 Å². The van der Waals surface area contributed by atoms with E-state index in [1.54, 1.807) is 14.2 Å². The number of likely N-dealkylation sites (N-methyl/N-ethyl adjacent to an activating group) is 1. The van der Waals surface area contributed by atoms with Crippen molar-refractivity contribution in [3.05, 3.63) is 71.8 Å². The molecule has 28 heavy (non-hydrogen) atoms. The quantitative estimate of drug-likeness (QED) is 0.674. The maximum atomic E-state index is 13.0. The number of hydrogen-bond donors (Lipinski definition) is 0. The van der Waals surface area contributed by atoms with Crippen molar-refractivity contribution in [2.24, 2.45) is 5.92 Å². The third-order valence-corrected chi connectivity index (χ3v) is 6.04. The van der Waals surface area contributed by atoms with Crippen LogP contribution in [0.25, 0.3) is 0 Å². The fourth-order valence-electron chi connectivity index (χ4n) is 4.09. The van der Waals surface area contributed by atoms with E-state index in [-0.39, 0.29) is 17.4 Å². The molecule has 1 fully saturated rings. The Morgan fingerprint density at radius 3 is 2.36 bits per heavy atom. The molecule has 0 radical (unpaired) electrons. The average molecular weight is 380 g/mol. The number of rotatable bonds is 7. The molecule has 2 unspecified atom stereocenters. The van der Waals surface area contributed by atoms with Crippen LogP contribution in [-0.4, -0.2) is 37.6 Å². The minimum Gasteiger partial charge on any atom is -0.493 e. The summed E-state index contributed by atoms with van der Waals surface area (Å²) in [6.45, 7) is 6.47. The first-order valence-electron chi connectivity index (χ1n) is 9.62. The highest BCUT2D eigenvalue weighted by Crippen LogP contribution is 2.41. The van der Waals surface area contributed by atoms with E-state index in [1.807, 2.05) is 48.3 Å².